The van der Waals surface area contributed by atoms with Crippen LogP contribution < -0.4 is 5.32 Å². The fourth-order valence-electron chi connectivity index (χ4n) is 3.03. The van der Waals surface area contributed by atoms with Crippen LogP contribution in [0, 0.1) is 11.6 Å². The van der Waals surface area contributed by atoms with Gasteiger partial charge in [0.25, 0.3) is 0 Å². The second kappa shape index (κ2) is 8.64. The lowest BCUT2D eigenvalue weighted by atomic mass is 10.1. The van der Waals surface area contributed by atoms with E-state index < -0.39 is 33.7 Å². The third-order valence-electron chi connectivity index (χ3n) is 4.76. The van der Waals surface area contributed by atoms with E-state index in [0.717, 1.165) is 12.1 Å². The maximum absolute atomic E-state index is 13.4. The van der Waals surface area contributed by atoms with E-state index in [4.69, 9.17) is 11.6 Å². The number of nitrogens with one attached hydrogen (secondary N) is 1. The minimum absolute atomic E-state index is 0.145. The van der Waals surface area contributed by atoms with Gasteiger partial charge in [0.15, 0.2) is 11.6 Å². The third-order valence-corrected chi connectivity index (χ3v) is 6.93. The summed E-state index contributed by atoms with van der Waals surface area (Å²) in [4.78, 5) is 14.1. The SMILES string of the molecule is C[C@H](NC(=O)N1CCN(S(=O)(=O)c2ccc(Cl)cc2)CC1)c1ccc(F)c(F)c1. The average molecular weight is 444 g/mol. The first-order chi connectivity index (χ1) is 13.7. The minimum Gasteiger partial charge on any atom is -0.331 e. The maximum Gasteiger partial charge on any atom is 0.317 e. The summed E-state index contributed by atoms with van der Waals surface area (Å²) in [5, 5.41) is 3.16. The van der Waals surface area contributed by atoms with Crippen LogP contribution in [0.2, 0.25) is 5.02 Å². The number of hydrogen-bond acceptors (Lipinski definition) is 3. The minimum atomic E-state index is -3.66. The predicted octanol–water partition coefficient (Wildman–Crippen LogP) is 3.40. The first kappa shape index (κ1) is 21.5. The molecule has 0 aliphatic carbocycles. The lowest BCUT2D eigenvalue weighted by Crippen LogP contribution is -2.53. The van der Waals surface area contributed by atoms with Crippen molar-refractivity contribution in [2.75, 3.05) is 26.2 Å². The van der Waals surface area contributed by atoms with Gasteiger partial charge in [0.1, 0.15) is 0 Å². The molecule has 1 heterocycles. The van der Waals surface area contributed by atoms with Crippen molar-refractivity contribution in [1.82, 2.24) is 14.5 Å². The Kier molecular flexibility index (Phi) is 6.40. The number of urea groups is 1. The molecule has 1 N–H and O–H groups in total. The fourth-order valence-corrected chi connectivity index (χ4v) is 4.58. The van der Waals surface area contributed by atoms with Crippen molar-refractivity contribution in [3.05, 3.63) is 64.7 Å². The van der Waals surface area contributed by atoms with E-state index in [2.05, 4.69) is 5.32 Å². The number of nitrogens with zero attached hydrogens (tertiary/aromatic N) is 2. The molecule has 0 aromatic heterocycles. The van der Waals surface area contributed by atoms with Crippen molar-refractivity contribution >= 4 is 27.7 Å². The first-order valence-electron chi connectivity index (χ1n) is 8.94. The largest absolute Gasteiger partial charge is 0.331 e. The Hall–Kier alpha value is -2.23. The highest BCUT2D eigenvalue weighted by atomic mass is 35.5. The third kappa shape index (κ3) is 4.85. The highest BCUT2D eigenvalue weighted by Crippen LogP contribution is 2.20. The molecular formula is C19H20ClF2N3O3S. The zero-order valence-electron chi connectivity index (χ0n) is 15.6. The Morgan fingerprint density at radius 3 is 2.24 bits per heavy atom. The standard InChI is InChI=1S/C19H20ClF2N3O3S/c1-13(14-2-7-17(21)18(22)12-14)23-19(26)24-8-10-25(11-9-24)29(27,28)16-5-3-15(20)4-6-16/h2-7,12-13H,8-11H2,1H3,(H,23,26)/t13-/m0/s1. The number of sulfonamides is 1. The molecule has 0 saturated carbocycles. The molecule has 156 valence electrons. The highest BCUT2D eigenvalue weighted by molar-refractivity contribution is 7.89. The van der Waals surface area contributed by atoms with Crippen LogP contribution in [0.15, 0.2) is 47.4 Å². The molecule has 1 atom stereocenters. The Morgan fingerprint density at radius 1 is 1.03 bits per heavy atom. The molecule has 0 spiro atoms. The molecule has 1 fully saturated rings. The predicted molar refractivity (Wildman–Crippen MR) is 105 cm³/mol. The van der Waals surface area contributed by atoms with Gasteiger partial charge in [-0.3, -0.25) is 0 Å². The molecule has 1 aliphatic rings. The van der Waals surface area contributed by atoms with Crippen LogP contribution >= 0.6 is 11.6 Å². The smallest absolute Gasteiger partial charge is 0.317 e. The van der Waals surface area contributed by atoms with Crippen LogP contribution in [-0.4, -0.2) is 49.8 Å². The molecule has 2 amide bonds. The van der Waals surface area contributed by atoms with Gasteiger partial charge in [0.05, 0.1) is 10.9 Å². The van der Waals surface area contributed by atoms with Crippen molar-refractivity contribution in [1.29, 1.82) is 0 Å². The maximum atomic E-state index is 13.4. The van der Waals surface area contributed by atoms with Gasteiger partial charge in [0.2, 0.25) is 10.0 Å². The molecule has 2 aromatic rings. The average Bonchev–Trinajstić information content (AvgIpc) is 2.70. The molecule has 29 heavy (non-hydrogen) atoms. The Bertz CT molecular complexity index is 994. The zero-order valence-corrected chi connectivity index (χ0v) is 17.2. The van der Waals surface area contributed by atoms with Gasteiger partial charge in [-0.25, -0.2) is 22.0 Å². The van der Waals surface area contributed by atoms with Crippen molar-refractivity contribution in [3.63, 3.8) is 0 Å². The molecule has 0 bridgehead atoms. The molecule has 10 heteroatoms. The summed E-state index contributed by atoms with van der Waals surface area (Å²) in [5.41, 5.74) is 0.432. The summed E-state index contributed by atoms with van der Waals surface area (Å²) in [7, 11) is -3.66. The van der Waals surface area contributed by atoms with Crippen molar-refractivity contribution in [2.45, 2.75) is 17.9 Å². The van der Waals surface area contributed by atoms with Crippen molar-refractivity contribution < 1.29 is 22.0 Å². The number of benzene rings is 2. The lowest BCUT2D eigenvalue weighted by molar-refractivity contribution is 0.169. The van der Waals surface area contributed by atoms with Crippen LogP contribution in [0.4, 0.5) is 13.6 Å². The Balaban J connectivity index is 1.59. The number of hydrogen-bond donors (Lipinski definition) is 1. The van der Waals surface area contributed by atoms with Gasteiger partial charge < -0.3 is 10.2 Å². The summed E-state index contributed by atoms with van der Waals surface area (Å²) < 4.78 is 53.1. The van der Waals surface area contributed by atoms with Gasteiger partial charge in [-0.1, -0.05) is 17.7 Å². The normalized spacial score (nSPS) is 16.5. The summed E-state index contributed by atoms with van der Waals surface area (Å²) >= 11 is 5.80. The highest BCUT2D eigenvalue weighted by Gasteiger charge is 2.30. The molecule has 0 radical (unpaired) electrons. The number of amides is 2. The van der Waals surface area contributed by atoms with Crippen LogP contribution in [0.3, 0.4) is 0 Å². The summed E-state index contributed by atoms with van der Waals surface area (Å²) in [5.74, 6) is -1.94. The van der Waals surface area contributed by atoms with Crippen LogP contribution in [0.25, 0.3) is 0 Å². The molecule has 6 nitrogen and oxygen atoms in total. The number of piperazine rings is 1. The van der Waals surface area contributed by atoms with Gasteiger partial charge >= 0.3 is 6.03 Å². The summed E-state index contributed by atoms with van der Waals surface area (Å²) in [6.45, 7) is 2.38. The van der Waals surface area contributed by atoms with E-state index in [1.165, 1.54) is 39.5 Å². The fraction of sp³-hybridized carbons (Fsp3) is 0.316. The monoisotopic (exact) mass is 443 g/mol. The van der Waals surface area contributed by atoms with Crippen molar-refractivity contribution in [3.8, 4) is 0 Å². The number of halogens is 3. The molecule has 1 saturated heterocycles. The molecule has 0 unspecified atom stereocenters. The molecule has 3 rings (SSSR count). The van der Waals surface area contributed by atoms with Gasteiger partial charge in [-0.15, -0.1) is 0 Å². The quantitative estimate of drug-likeness (QED) is 0.787. The summed E-state index contributed by atoms with van der Waals surface area (Å²) in [6.07, 6.45) is 0. The second-order valence-electron chi connectivity index (χ2n) is 6.69. The molecule has 2 aromatic carbocycles. The van der Waals surface area contributed by atoms with Crippen LogP contribution in [0.5, 0.6) is 0 Å². The number of carbonyl (C=O) groups excluding carboxylic acids is 1. The molecular weight excluding hydrogens is 424 g/mol. The van der Waals surface area contributed by atoms with E-state index in [9.17, 15) is 22.0 Å². The van der Waals surface area contributed by atoms with Crippen molar-refractivity contribution in [2.24, 2.45) is 0 Å². The van der Waals surface area contributed by atoms with Gasteiger partial charge in [-0.05, 0) is 48.9 Å². The number of carbonyl (C=O) groups is 1. The Labute approximate surface area is 173 Å². The van der Waals surface area contributed by atoms with Crippen LogP contribution in [-0.2, 0) is 10.0 Å². The van der Waals surface area contributed by atoms with Gasteiger partial charge in [0, 0.05) is 31.2 Å². The Morgan fingerprint density at radius 2 is 1.66 bits per heavy atom. The van der Waals surface area contributed by atoms with E-state index in [-0.39, 0.29) is 31.1 Å². The van der Waals surface area contributed by atoms with E-state index in [1.807, 2.05) is 0 Å². The lowest BCUT2D eigenvalue weighted by Gasteiger charge is -2.34. The van der Waals surface area contributed by atoms with E-state index >= 15 is 0 Å². The second-order valence-corrected chi connectivity index (χ2v) is 9.06. The molecule has 1 aliphatic heterocycles. The first-order valence-corrected chi connectivity index (χ1v) is 10.8. The van der Waals surface area contributed by atoms with Gasteiger partial charge in [-0.2, -0.15) is 4.31 Å². The van der Waals surface area contributed by atoms with Crippen LogP contribution in [0.1, 0.15) is 18.5 Å². The topological polar surface area (TPSA) is 69.7 Å². The summed E-state index contributed by atoms with van der Waals surface area (Å²) in [6, 6.07) is 8.43. The van der Waals surface area contributed by atoms with E-state index in [0.29, 0.717) is 10.6 Å². The number of rotatable bonds is 4. The van der Waals surface area contributed by atoms with E-state index in [1.54, 1.807) is 6.92 Å². The zero-order chi connectivity index (χ0) is 21.2.